The SMILES string of the molecule is C=CCOc1ccc(C=C(C(=O)O)c2ccc(S(=O)(=O)N3CCCCC3)s2)cc1. The highest BCUT2D eigenvalue weighted by Gasteiger charge is 2.28. The van der Waals surface area contributed by atoms with Gasteiger partial charge in [-0.3, -0.25) is 0 Å². The van der Waals surface area contributed by atoms with Crippen LogP contribution in [0.4, 0.5) is 0 Å². The van der Waals surface area contributed by atoms with Crippen molar-refractivity contribution in [1.82, 2.24) is 4.31 Å². The van der Waals surface area contributed by atoms with Crippen molar-refractivity contribution in [2.24, 2.45) is 0 Å². The smallest absolute Gasteiger partial charge is 0.337 e. The maximum absolute atomic E-state index is 12.8. The minimum absolute atomic E-state index is 0.0508. The van der Waals surface area contributed by atoms with Crippen LogP contribution in [-0.2, 0) is 14.8 Å². The zero-order valence-electron chi connectivity index (χ0n) is 15.9. The molecular formula is C21H23NO5S2. The summed E-state index contributed by atoms with van der Waals surface area (Å²) in [7, 11) is -3.58. The van der Waals surface area contributed by atoms with E-state index in [1.165, 1.54) is 16.4 Å². The Balaban J connectivity index is 1.85. The van der Waals surface area contributed by atoms with E-state index >= 15 is 0 Å². The predicted molar refractivity (Wildman–Crippen MR) is 115 cm³/mol. The number of nitrogens with zero attached hydrogens (tertiary/aromatic N) is 1. The summed E-state index contributed by atoms with van der Waals surface area (Å²) in [5.41, 5.74) is 0.733. The number of hydrogen-bond acceptors (Lipinski definition) is 5. The zero-order valence-corrected chi connectivity index (χ0v) is 17.5. The Kier molecular flexibility index (Phi) is 6.89. The van der Waals surface area contributed by atoms with Gasteiger partial charge in [-0.2, -0.15) is 4.31 Å². The summed E-state index contributed by atoms with van der Waals surface area (Å²) < 4.78 is 32.7. The number of carboxylic acid groups (broad SMARTS) is 1. The fraction of sp³-hybridized carbons (Fsp3) is 0.286. The molecule has 2 aromatic rings. The Labute approximate surface area is 174 Å². The molecule has 0 aliphatic carbocycles. The van der Waals surface area contributed by atoms with Crippen LogP contribution in [0, 0.1) is 0 Å². The molecule has 0 amide bonds. The van der Waals surface area contributed by atoms with Gasteiger partial charge in [-0.25, -0.2) is 13.2 Å². The van der Waals surface area contributed by atoms with Crippen LogP contribution in [0.2, 0.25) is 0 Å². The normalized spacial score (nSPS) is 15.8. The molecule has 1 aromatic heterocycles. The zero-order chi connectivity index (χ0) is 20.9. The van der Waals surface area contributed by atoms with Gasteiger partial charge in [0.25, 0.3) is 10.0 Å². The van der Waals surface area contributed by atoms with Crippen molar-refractivity contribution < 1.29 is 23.1 Å². The van der Waals surface area contributed by atoms with Gasteiger partial charge in [-0.05, 0) is 48.7 Å². The fourth-order valence-electron chi connectivity index (χ4n) is 3.06. The summed E-state index contributed by atoms with van der Waals surface area (Å²) >= 11 is 0.989. The molecule has 29 heavy (non-hydrogen) atoms. The molecule has 0 atom stereocenters. The second-order valence-electron chi connectivity index (χ2n) is 6.62. The van der Waals surface area contributed by atoms with E-state index in [1.807, 2.05) is 0 Å². The monoisotopic (exact) mass is 433 g/mol. The van der Waals surface area contributed by atoms with Crippen molar-refractivity contribution in [1.29, 1.82) is 0 Å². The second-order valence-corrected chi connectivity index (χ2v) is 9.86. The number of piperidine rings is 1. The van der Waals surface area contributed by atoms with Crippen LogP contribution in [0.15, 0.2) is 53.3 Å². The van der Waals surface area contributed by atoms with Crippen molar-refractivity contribution >= 4 is 39.0 Å². The van der Waals surface area contributed by atoms with Crippen LogP contribution in [-0.4, -0.2) is 43.5 Å². The maximum atomic E-state index is 12.8. The van der Waals surface area contributed by atoms with Crippen LogP contribution in [0.1, 0.15) is 29.7 Å². The molecule has 1 aliphatic heterocycles. The summed E-state index contributed by atoms with van der Waals surface area (Å²) in [6.07, 6.45) is 5.91. The number of thiophene rings is 1. The summed E-state index contributed by atoms with van der Waals surface area (Å²) in [6, 6.07) is 10.0. The first kappa shape index (κ1) is 21.3. The van der Waals surface area contributed by atoms with Gasteiger partial charge in [0.15, 0.2) is 0 Å². The van der Waals surface area contributed by atoms with E-state index in [0.29, 0.717) is 35.9 Å². The molecule has 0 bridgehead atoms. The molecule has 0 unspecified atom stereocenters. The molecule has 1 aromatic carbocycles. The van der Waals surface area contributed by atoms with Crippen LogP contribution >= 0.6 is 11.3 Å². The number of sulfonamides is 1. The molecule has 0 spiro atoms. The second kappa shape index (κ2) is 9.39. The van der Waals surface area contributed by atoms with E-state index in [-0.39, 0.29) is 9.78 Å². The van der Waals surface area contributed by atoms with Crippen molar-refractivity contribution in [3.05, 3.63) is 59.5 Å². The van der Waals surface area contributed by atoms with Gasteiger partial charge in [-0.15, -0.1) is 11.3 Å². The highest BCUT2D eigenvalue weighted by molar-refractivity contribution is 7.91. The molecule has 0 radical (unpaired) electrons. The lowest BCUT2D eigenvalue weighted by Gasteiger charge is -2.25. The van der Waals surface area contributed by atoms with Crippen LogP contribution < -0.4 is 4.74 Å². The maximum Gasteiger partial charge on any atom is 0.337 e. The summed E-state index contributed by atoms with van der Waals surface area (Å²) in [6.45, 7) is 5.00. The average molecular weight is 434 g/mol. The number of benzene rings is 1. The van der Waals surface area contributed by atoms with E-state index in [1.54, 1.807) is 36.4 Å². The minimum atomic E-state index is -3.58. The third-order valence-corrected chi connectivity index (χ3v) is 8.03. The molecule has 1 aliphatic rings. The van der Waals surface area contributed by atoms with E-state index in [2.05, 4.69) is 6.58 Å². The lowest BCUT2D eigenvalue weighted by Crippen LogP contribution is -2.35. The van der Waals surface area contributed by atoms with Crippen LogP contribution in [0.3, 0.4) is 0 Å². The summed E-state index contributed by atoms with van der Waals surface area (Å²) in [4.78, 5) is 12.2. The number of rotatable bonds is 8. The van der Waals surface area contributed by atoms with Gasteiger partial charge < -0.3 is 9.84 Å². The molecule has 154 valence electrons. The average Bonchev–Trinajstić information content (AvgIpc) is 3.22. The van der Waals surface area contributed by atoms with E-state index in [4.69, 9.17) is 4.74 Å². The third-order valence-electron chi connectivity index (χ3n) is 4.55. The Morgan fingerprint density at radius 3 is 2.45 bits per heavy atom. The Morgan fingerprint density at radius 2 is 1.83 bits per heavy atom. The van der Waals surface area contributed by atoms with Crippen molar-refractivity contribution in [3.63, 3.8) is 0 Å². The summed E-state index contributed by atoms with van der Waals surface area (Å²) in [5, 5.41) is 9.66. The highest BCUT2D eigenvalue weighted by atomic mass is 32.2. The van der Waals surface area contributed by atoms with Crippen LogP contribution in [0.25, 0.3) is 11.6 Å². The Hall–Kier alpha value is -2.42. The first-order chi connectivity index (χ1) is 13.9. The third kappa shape index (κ3) is 5.14. The quantitative estimate of drug-likeness (QED) is 0.500. The number of carbonyl (C=O) groups is 1. The Bertz CT molecular complexity index is 1000. The number of hydrogen-bond donors (Lipinski definition) is 1. The fourth-order valence-corrected chi connectivity index (χ4v) is 6.04. The van der Waals surface area contributed by atoms with Gasteiger partial charge in [0.2, 0.25) is 0 Å². The molecule has 2 heterocycles. The predicted octanol–water partition coefficient (Wildman–Crippen LogP) is 4.11. The number of ether oxygens (including phenoxy) is 1. The minimum Gasteiger partial charge on any atom is -0.490 e. The van der Waals surface area contributed by atoms with Crippen molar-refractivity contribution in [2.75, 3.05) is 19.7 Å². The molecule has 6 nitrogen and oxygen atoms in total. The Morgan fingerprint density at radius 1 is 1.14 bits per heavy atom. The van der Waals surface area contributed by atoms with Gasteiger partial charge in [0.05, 0.1) is 5.57 Å². The van der Waals surface area contributed by atoms with Crippen molar-refractivity contribution in [3.8, 4) is 5.75 Å². The highest BCUT2D eigenvalue weighted by Crippen LogP contribution is 2.32. The lowest BCUT2D eigenvalue weighted by molar-refractivity contribution is -0.130. The molecule has 1 N–H and O–H groups in total. The molecule has 3 rings (SSSR count). The van der Waals surface area contributed by atoms with E-state index in [0.717, 1.165) is 30.6 Å². The molecule has 8 heteroatoms. The first-order valence-electron chi connectivity index (χ1n) is 9.31. The molecular weight excluding hydrogens is 410 g/mol. The number of aliphatic carboxylic acids is 1. The van der Waals surface area contributed by atoms with Gasteiger partial charge in [-0.1, -0.05) is 31.2 Å². The van der Waals surface area contributed by atoms with E-state index < -0.39 is 16.0 Å². The molecule has 0 saturated carbocycles. The van der Waals surface area contributed by atoms with E-state index in [9.17, 15) is 18.3 Å². The number of carboxylic acids is 1. The summed E-state index contributed by atoms with van der Waals surface area (Å²) in [5.74, 6) is -0.453. The molecule has 1 fully saturated rings. The lowest BCUT2D eigenvalue weighted by atomic mass is 10.1. The van der Waals surface area contributed by atoms with Crippen molar-refractivity contribution in [2.45, 2.75) is 23.5 Å². The molecule has 1 saturated heterocycles. The van der Waals surface area contributed by atoms with Gasteiger partial charge >= 0.3 is 5.97 Å². The largest absolute Gasteiger partial charge is 0.490 e. The van der Waals surface area contributed by atoms with Gasteiger partial charge in [0, 0.05) is 18.0 Å². The van der Waals surface area contributed by atoms with Gasteiger partial charge in [0.1, 0.15) is 16.6 Å². The van der Waals surface area contributed by atoms with Crippen LogP contribution in [0.5, 0.6) is 5.75 Å². The standard InChI is InChI=1S/C21H23NO5S2/c1-2-14-27-17-8-6-16(7-9-17)15-18(21(23)24)19-10-11-20(28-19)29(25,26)22-12-4-3-5-13-22/h2,6-11,15H,1,3-5,12-14H2,(H,23,24). The first-order valence-corrected chi connectivity index (χ1v) is 11.6. The topological polar surface area (TPSA) is 83.9 Å².